The predicted molar refractivity (Wildman–Crippen MR) is 131 cm³/mol. The number of aryl methyl sites for hydroxylation is 1. The summed E-state index contributed by atoms with van der Waals surface area (Å²) in [6.07, 6.45) is 4.30. The van der Waals surface area contributed by atoms with Gasteiger partial charge in [-0.25, -0.2) is 4.98 Å². The second-order valence-corrected chi connectivity index (χ2v) is 10.2. The molecule has 0 bridgehead atoms. The van der Waals surface area contributed by atoms with E-state index in [1.165, 1.54) is 16.4 Å². The van der Waals surface area contributed by atoms with Crippen LogP contribution in [0.4, 0.5) is 16.8 Å². The fraction of sp³-hybridized carbons (Fsp3) is 0.273. The van der Waals surface area contributed by atoms with Crippen LogP contribution in [0.2, 0.25) is 0 Å². The molecule has 3 heterocycles. The number of rotatable bonds is 6. The van der Waals surface area contributed by atoms with Gasteiger partial charge in [-0.3, -0.25) is 0 Å². The molecule has 0 aliphatic rings. The van der Waals surface area contributed by atoms with E-state index < -0.39 is 0 Å². The van der Waals surface area contributed by atoms with Crippen LogP contribution in [0.3, 0.4) is 0 Å². The average Bonchev–Trinajstić information content (AvgIpc) is 3.33. The van der Waals surface area contributed by atoms with Crippen molar-refractivity contribution in [3.63, 3.8) is 0 Å². The maximum Gasteiger partial charge on any atom is 0.230 e. The van der Waals surface area contributed by atoms with Gasteiger partial charge in [0.25, 0.3) is 0 Å². The quantitative estimate of drug-likeness (QED) is 0.371. The Bertz CT molecular complexity index is 1220. The molecule has 0 saturated carbocycles. The van der Waals surface area contributed by atoms with Crippen molar-refractivity contribution in [3.05, 3.63) is 48.3 Å². The van der Waals surface area contributed by atoms with Crippen molar-refractivity contribution in [2.75, 3.05) is 16.9 Å². The second kappa shape index (κ2) is 8.57. The molecule has 0 amide bonds. The third-order valence-corrected chi connectivity index (χ3v) is 7.14. The lowest BCUT2D eigenvalue weighted by Gasteiger charge is -2.15. The molecule has 8 heteroatoms. The van der Waals surface area contributed by atoms with Crippen LogP contribution in [0.5, 0.6) is 0 Å². The summed E-state index contributed by atoms with van der Waals surface area (Å²) in [5, 5.41) is 9.96. The van der Waals surface area contributed by atoms with E-state index in [0.29, 0.717) is 5.95 Å². The Balaban J connectivity index is 1.82. The maximum absolute atomic E-state index is 4.80. The van der Waals surface area contributed by atoms with Crippen LogP contribution in [0.1, 0.15) is 26.5 Å². The van der Waals surface area contributed by atoms with Gasteiger partial charge in [-0.15, -0.1) is 0 Å². The first-order valence-corrected chi connectivity index (χ1v) is 12.3. The molecule has 4 rings (SSSR count). The van der Waals surface area contributed by atoms with Crippen LogP contribution in [0.15, 0.2) is 47.5 Å². The molecule has 3 aromatic heterocycles. The number of aromatic nitrogens is 4. The Morgan fingerprint density at radius 1 is 1.17 bits per heavy atom. The monoisotopic (exact) mass is 438 g/mol. The molecule has 0 spiro atoms. The molecule has 0 aliphatic carbocycles. The molecule has 1 unspecified atom stereocenters. The van der Waals surface area contributed by atoms with E-state index in [9.17, 15) is 0 Å². The first kappa shape index (κ1) is 20.6. The second-order valence-electron chi connectivity index (χ2n) is 7.36. The van der Waals surface area contributed by atoms with E-state index in [2.05, 4.69) is 82.4 Å². The maximum atomic E-state index is 4.80. The van der Waals surface area contributed by atoms with Gasteiger partial charge in [0.1, 0.15) is 10.5 Å². The number of benzene rings is 1. The van der Waals surface area contributed by atoms with Gasteiger partial charge in [-0.05, 0) is 75.8 Å². The Hall–Kier alpha value is -2.71. The van der Waals surface area contributed by atoms with Crippen molar-refractivity contribution < 1.29 is 0 Å². The summed E-state index contributed by atoms with van der Waals surface area (Å²) in [5.74, 6) is 1.38. The lowest BCUT2D eigenvalue weighted by atomic mass is 10.3. The standard InChI is InChI=1S/C22H26N6S2/c1-6-30(5)17-9-7-8-16(13-17)28-11-10-18-20(28)21(23-14(2)3)26-22(24-18)25-19-12-15(4)27-29-19/h6-14H,1-5H3,(H2,23,24,25,26). The minimum Gasteiger partial charge on any atom is -0.366 e. The topological polar surface area (TPSA) is 67.7 Å². The van der Waals surface area contributed by atoms with E-state index in [4.69, 9.17) is 9.97 Å². The normalized spacial score (nSPS) is 12.6. The molecule has 6 nitrogen and oxygen atoms in total. The minimum atomic E-state index is 0.115. The number of fused-ring (bicyclic) bond motifs is 1. The van der Waals surface area contributed by atoms with Crippen LogP contribution in [-0.4, -0.2) is 36.6 Å². The summed E-state index contributed by atoms with van der Waals surface area (Å²) in [5.41, 5.74) is 3.95. The third-order valence-electron chi connectivity index (χ3n) is 4.64. The molecule has 0 radical (unpaired) electrons. The van der Waals surface area contributed by atoms with Crippen molar-refractivity contribution in [1.82, 2.24) is 18.9 Å². The first-order valence-electron chi connectivity index (χ1n) is 9.85. The molecule has 0 saturated heterocycles. The van der Waals surface area contributed by atoms with Crippen molar-refractivity contribution in [2.24, 2.45) is 0 Å². The Labute approximate surface area is 183 Å². The summed E-state index contributed by atoms with van der Waals surface area (Å²) in [6, 6.07) is 12.9. The van der Waals surface area contributed by atoms with Gasteiger partial charge < -0.3 is 15.2 Å². The largest absolute Gasteiger partial charge is 0.366 e. The third kappa shape index (κ3) is 4.24. The number of nitrogens with zero attached hydrogens (tertiary/aromatic N) is 4. The zero-order chi connectivity index (χ0) is 21.3. The summed E-state index contributed by atoms with van der Waals surface area (Å²) >= 11 is 1.41. The predicted octanol–water partition coefficient (Wildman–Crippen LogP) is 5.83. The summed E-state index contributed by atoms with van der Waals surface area (Å²) in [6.45, 7) is 8.31. The van der Waals surface area contributed by atoms with Crippen molar-refractivity contribution >= 4 is 55.2 Å². The highest BCUT2D eigenvalue weighted by molar-refractivity contribution is 8.14. The van der Waals surface area contributed by atoms with E-state index in [-0.39, 0.29) is 16.5 Å². The van der Waals surface area contributed by atoms with E-state index in [0.717, 1.165) is 33.2 Å². The van der Waals surface area contributed by atoms with Crippen LogP contribution in [-0.2, 0) is 0 Å². The number of nitrogens with one attached hydrogen (secondary N) is 2. The van der Waals surface area contributed by atoms with Crippen molar-refractivity contribution in [1.29, 1.82) is 0 Å². The molecule has 0 aliphatic heterocycles. The van der Waals surface area contributed by atoms with Gasteiger partial charge in [0.15, 0.2) is 5.82 Å². The highest BCUT2D eigenvalue weighted by Gasteiger charge is 2.15. The van der Waals surface area contributed by atoms with Gasteiger partial charge in [0.05, 0.1) is 11.2 Å². The van der Waals surface area contributed by atoms with Gasteiger partial charge in [0, 0.05) is 22.8 Å². The Kier molecular flexibility index (Phi) is 5.87. The summed E-state index contributed by atoms with van der Waals surface area (Å²) < 4.78 is 6.48. The smallest absolute Gasteiger partial charge is 0.230 e. The zero-order valence-electron chi connectivity index (χ0n) is 17.8. The molecular weight excluding hydrogens is 412 g/mol. The molecule has 1 aromatic carbocycles. The van der Waals surface area contributed by atoms with Crippen LogP contribution >= 0.6 is 22.0 Å². The van der Waals surface area contributed by atoms with Crippen LogP contribution in [0, 0.1) is 6.92 Å². The van der Waals surface area contributed by atoms with Crippen molar-refractivity contribution in [3.8, 4) is 5.69 Å². The molecule has 156 valence electrons. The minimum absolute atomic E-state index is 0.115. The Morgan fingerprint density at radius 3 is 2.70 bits per heavy atom. The van der Waals surface area contributed by atoms with E-state index in [1.807, 2.05) is 19.1 Å². The van der Waals surface area contributed by atoms with E-state index >= 15 is 0 Å². The first-order chi connectivity index (χ1) is 14.4. The lowest BCUT2D eigenvalue weighted by molar-refractivity contribution is 0.888. The summed E-state index contributed by atoms with van der Waals surface area (Å²) in [7, 11) is 0.115. The fourth-order valence-electron chi connectivity index (χ4n) is 3.19. The van der Waals surface area contributed by atoms with Gasteiger partial charge in [-0.1, -0.05) is 11.4 Å². The lowest BCUT2D eigenvalue weighted by Crippen LogP contribution is -2.13. The molecule has 4 aromatic rings. The highest BCUT2D eigenvalue weighted by Crippen LogP contribution is 2.31. The number of anilines is 3. The molecule has 1 atom stereocenters. The fourth-order valence-corrected chi connectivity index (χ4v) is 4.72. The van der Waals surface area contributed by atoms with Crippen LogP contribution in [0.25, 0.3) is 16.7 Å². The molecule has 30 heavy (non-hydrogen) atoms. The Morgan fingerprint density at radius 2 is 2.00 bits per heavy atom. The zero-order valence-corrected chi connectivity index (χ0v) is 19.4. The molecule has 0 fully saturated rings. The van der Waals surface area contributed by atoms with Crippen molar-refractivity contribution in [2.45, 2.75) is 38.6 Å². The highest BCUT2D eigenvalue weighted by atomic mass is 32.2. The molecular formula is C22H26N6S2. The molecule has 2 N–H and O–H groups in total. The average molecular weight is 439 g/mol. The van der Waals surface area contributed by atoms with E-state index in [1.54, 1.807) is 0 Å². The SMILES string of the molecule is C/C=S(/C)c1cccc(-n2ccc3nc(Nc4cc(C)ns4)nc(NC(C)C)c32)c1. The number of hydrogen-bond donors (Lipinski definition) is 2. The summed E-state index contributed by atoms with van der Waals surface area (Å²) in [4.78, 5) is 10.9. The van der Waals surface area contributed by atoms with Gasteiger partial charge in [0.2, 0.25) is 5.95 Å². The van der Waals surface area contributed by atoms with Gasteiger partial charge in [-0.2, -0.15) is 19.8 Å². The van der Waals surface area contributed by atoms with Crippen LogP contribution < -0.4 is 10.6 Å². The van der Waals surface area contributed by atoms with Gasteiger partial charge >= 0.3 is 0 Å². The number of hydrogen-bond acceptors (Lipinski definition) is 6.